The van der Waals surface area contributed by atoms with Gasteiger partial charge in [-0.1, -0.05) is 0 Å². The number of nitrogens with zero attached hydrogens (tertiary/aromatic N) is 1. The molecule has 1 rings (SSSR count). The number of hydrazine groups is 1. The normalized spacial score (nSPS) is 10.2. The van der Waals surface area contributed by atoms with Crippen molar-refractivity contribution < 1.29 is 4.79 Å². The van der Waals surface area contributed by atoms with Crippen LogP contribution in [-0.2, 0) is 0 Å². The van der Waals surface area contributed by atoms with E-state index in [2.05, 4.69) is 28.0 Å². The van der Waals surface area contributed by atoms with Gasteiger partial charge in [0.05, 0.1) is 0 Å². The Morgan fingerprint density at radius 1 is 1.31 bits per heavy atom. The molecule has 1 aromatic carbocycles. The number of carbonyl (C=O) groups is 1. The first-order chi connectivity index (χ1) is 6.09. The molecule has 1 aromatic rings. The Labute approximate surface area is 91.2 Å². The van der Waals surface area contributed by atoms with Gasteiger partial charge in [-0.25, -0.2) is 5.01 Å². The van der Waals surface area contributed by atoms with Crippen molar-refractivity contribution in [1.29, 1.82) is 0 Å². The lowest BCUT2D eigenvalue weighted by Crippen LogP contribution is -2.36. The van der Waals surface area contributed by atoms with E-state index in [1.54, 1.807) is 31.2 Å². The quantitative estimate of drug-likeness (QED) is 0.661. The Hall–Kier alpha value is -0.620. The molecule has 0 saturated heterocycles. The molecule has 0 fully saturated rings. The number of nitrogens with one attached hydrogen (secondary N) is 1. The highest BCUT2D eigenvalue weighted by Crippen LogP contribution is 2.06. The molecule has 0 aromatic heterocycles. The van der Waals surface area contributed by atoms with Crippen LogP contribution in [0, 0.1) is 3.57 Å². The highest BCUT2D eigenvalue weighted by Gasteiger charge is 2.04. The van der Waals surface area contributed by atoms with Gasteiger partial charge in [0, 0.05) is 23.2 Å². The first-order valence-corrected chi connectivity index (χ1v) is 4.91. The molecule has 0 spiro atoms. The number of halogens is 1. The van der Waals surface area contributed by atoms with E-state index in [1.807, 2.05) is 12.1 Å². The third-order valence-corrected chi connectivity index (χ3v) is 2.15. The monoisotopic (exact) mass is 290 g/mol. The standard InChI is InChI=1S/C9H11IN2O/c1-12(2)11-9(13)7-3-5-8(10)6-4-7/h3-6H,1-2H3,(H,11,13). The fourth-order valence-corrected chi connectivity index (χ4v) is 1.23. The summed E-state index contributed by atoms with van der Waals surface area (Å²) in [5.41, 5.74) is 3.35. The molecule has 0 aliphatic carbocycles. The summed E-state index contributed by atoms with van der Waals surface area (Å²) in [4.78, 5) is 11.4. The summed E-state index contributed by atoms with van der Waals surface area (Å²) in [6.07, 6.45) is 0. The van der Waals surface area contributed by atoms with Crippen molar-refractivity contribution in [3.05, 3.63) is 33.4 Å². The maximum atomic E-state index is 11.4. The minimum absolute atomic E-state index is 0.0820. The zero-order valence-electron chi connectivity index (χ0n) is 7.54. The van der Waals surface area contributed by atoms with Gasteiger partial charge in [0.1, 0.15) is 0 Å². The molecule has 1 amide bonds. The van der Waals surface area contributed by atoms with Crippen molar-refractivity contribution in [3.63, 3.8) is 0 Å². The van der Waals surface area contributed by atoms with Crippen LogP contribution < -0.4 is 5.43 Å². The molecule has 0 heterocycles. The van der Waals surface area contributed by atoms with Gasteiger partial charge in [-0.05, 0) is 46.9 Å². The Bertz CT molecular complexity index is 295. The van der Waals surface area contributed by atoms with Gasteiger partial charge in [-0.15, -0.1) is 0 Å². The van der Waals surface area contributed by atoms with Gasteiger partial charge in [-0.3, -0.25) is 10.2 Å². The van der Waals surface area contributed by atoms with Crippen LogP contribution in [0.2, 0.25) is 0 Å². The SMILES string of the molecule is CN(C)NC(=O)c1ccc(I)cc1. The van der Waals surface area contributed by atoms with Gasteiger partial charge in [0.15, 0.2) is 0 Å². The van der Waals surface area contributed by atoms with E-state index >= 15 is 0 Å². The average Bonchev–Trinajstić information content (AvgIpc) is 2.04. The topological polar surface area (TPSA) is 32.3 Å². The number of hydrogen-bond acceptors (Lipinski definition) is 2. The molecule has 0 unspecified atom stereocenters. The number of benzene rings is 1. The molecule has 3 nitrogen and oxygen atoms in total. The maximum Gasteiger partial charge on any atom is 0.265 e. The molecular weight excluding hydrogens is 279 g/mol. The molecular formula is C9H11IN2O. The van der Waals surface area contributed by atoms with Gasteiger partial charge < -0.3 is 0 Å². The third kappa shape index (κ3) is 3.31. The Kier molecular flexibility index (Phi) is 3.68. The van der Waals surface area contributed by atoms with Crippen LogP contribution in [0.5, 0.6) is 0 Å². The van der Waals surface area contributed by atoms with E-state index < -0.39 is 0 Å². The molecule has 0 atom stereocenters. The minimum Gasteiger partial charge on any atom is -0.285 e. The van der Waals surface area contributed by atoms with Gasteiger partial charge in [0.2, 0.25) is 0 Å². The van der Waals surface area contributed by atoms with Crippen LogP contribution in [0.3, 0.4) is 0 Å². The Morgan fingerprint density at radius 2 is 1.85 bits per heavy atom. The lowest BCUT2D eigenvalue weighted by molar-refractivity contribution is 0.0857. The Balaban J connectivity index is 2.72. The molecule has 1 N–H and O–H groups in total. The summed E-state index contributed by atoms with van der Waals surface area (Å²) < 4.78 is 1.12. The van der Waals surface area contributed by atoms with Gasteiger partial charge >= 0.3 is 0 Å². The summed E-state index contributed by atoms with van der Waals surface area (Å²) >= 11 is 2.20. The van der Waals surface area contributed by atoms with Crippen LogP contribution in [0.1, 0.15) is 10.4 Å². The fraction of sp³-hybridized carbons (Fsp3) is 0.222. The fourth-order valence-electron chi connectivity index (χ4n) is 0.869. The summed E-state index contributed by atoms with van der Waals surface area (Å²) in [6.45, 7) is 0. The van der Waals surface area contributed by atoms with Crippen molar-refractivity contribution in [2.45, 2.75) is 0 Å². The molecule has 13 heavy (non-hydrogen) atoms. The number of rotatable bonds is 2. The van der Waals surface area contributed by atoms with Crippen molar-refractivity contribution in [3.8, 4) is 0 Å². The zero-order chi connectivity index (χ0) is 9.84. The van der Waals surface area contributed by atoms with Gasteiger partial charge in [0.25, 0.3) is 5.91 Å². The van der Waals surface area contributed by atoms with E-state index in [9.17, 15) is 4.79 Å². The Morgan fingerprint density at radius 3 is 2.31 bits per heavy atom. The van der Waals surface area contributed by atoms with E-state index in [1.165, 1.54) is 0 Å². The third-order valence-electron chi connectivity index (χ3n) is 1.43. The highest BCUT2D eigenvalue weighted by atomic mass is 127. The minimum atomic E-state index is -0.0820. The van der Waals surface area contributed by atoms with E-state index in [4.69, 9.17) is 0 Å². The second-order valence-electron chi connectivity index (χ2n) is 2.84. The molecule has 0 aliphatic rings. The second-order valence-corrected chi connectivity index (χ2v) is 4.09. The largest absolute Gasteiger partial charge is 0.285 e. The predicted octanol–water partition coefficient (Wildman–Crippen LogP) is 1.50. The van der Waals surface area contributed by atoms with Crippen molar-refractivity contribution in [1.82, 2.24) is 10.4 Å². The second kappa shape index (κ2) is 4.57. The molecule has 70 valence electrons. The van der Waals surface area contributed by atoms with E-state index in [-0.39, 0.29) is 5.91 Å². The molecule has 4 heteroatoms. The molecule has 0 radical (unpaired) electrons. The van der Waals surface area contributed by atoms with Crippen LogP contribution in [0.15, 0.2) is 24.3 Å². The van der Waals surface area contributed by atoms with Crippen molar-refractivity contribution in [2.24, 2.45) is 0 Å². The predicted molar refractivity (Wildman–Crippen MR) is 60.3 cm³/mol. The number of hydrogen-bond donors (Lipinski definition) is 1. The molecule has 0 aliphatic heterocycles. The maximum absolute atomic E-state index is 11.4. The number of amides is 1. The van der Waals surface area contributed by atoms with Crippen LogP contribution in [-0.4, -0.2) is 25.0 Å². The summed E-state index contributed by atoms with van der Waals surface area (Å²) in [5.74, 6) is -0.0820. The van der Waals surface area contributed by atoms with Crippen LogP contribution >= 0.6 is 22.6 Å². The van der Waals surface area contributed by atoms with Crippen LogP contribution in [0.25, 0.3) is 0 Å². The first kappa shape index (κ1) is 10.5. The first-order valence-electron chi connectivity index (χ1n) is 3.83. The van der Waals surface area contributed by atoms with E-state index in [0.29, 0.717) is 5.56 Å². The van der Waals surface area contributed by atoms with Crippen molar-refractivity contribution >= 4 is 28.5 Å². The smallest absolute Gasteiger partial charge is 0.265 e. The summed E-state index contributed by atoms with van der Waals surface area (Å²) in [6, 6.07) is 7.43. The summed E-state index contributed by atoms with van der Waals surface area (Å²) in [7, 11) is 3.56. The lowest BCUT2D eigenvalue weighted by atomic mass is 10.2. The molecule has 0 bridgehead atoms. The number of carbonyl (C=O) groups excluding carboxylic acids is 1. The summed E-state index contributed by atoms with van der Waals surface area (Å²) in [5, 5.41) is 1.63. The average molecular weight is 290 g/mol. The van der Waals surface area contributed by atoms with Gasteiger partial charge in [-0.2, -0.15) is 0 Å². The highest BCUT2D eigenvalue weighted by molar-refractivity contribution is 14.1. The zero-order valence-corrected chi connectivity index (χ0v) is 9.70. The van der Waals surface area contributed by atoms with E-state index in [0.717, 1.165) is 3.57 Å². The lowest BCUT2D eigenvalue weighted by Gasteiger charge is -2.11. The van der Waals surface area contributed by atoms with Crippen LogP contribution in [0.4, 0.5) is 0 Å². The van der Waals surface area contributed by atoms with Crippen molar-refractivity contribution in [2.75, 3.05) is 14.1 Å². The molecule has 0 saturated carbocycles.